The summed E-state index contributed by atoms with van der Waals surface area (Å²) in [7, 11) is 1.65. The lowest BCUT2D eigenvalue weighted by Crippen LogP contribution is -2.01. The SMILES string of the molecule is COc1ccc(-c2nc(N)c(Br)nc2C)c(C)c1. The molecule has 94 valence electrons. The number of benzene rings is 1. The second-order valence-electron chi connectivity index (χ2n) is 4.01. The van der Waals surface area contributed by atoms with Crippen LogP contribution in [0.3, 0.4) is 0 Å². The van der Waals surface area contributed by atoms with Gasteiger partial charge in [-0.3, -0.25) is 0 Å². The van der Waals surface area contributed by atoms with Gasteiger partial charge in [-0.15, -0.1) is 0 Å². The Morgan fingerprint density at radius 1 is 1.22 bits per heavy atom. The maximum absolute atomic E-state index is 5.79. The lowest BCUT2D eigenvalue weighted by molar-refractivity contribution is 0.414. The smallest absolute Gasteiger partial charge is 0.157 e. The van der Waals surface area contributed by atoms with Gasteiger partial charge in [0.1, 0.15) is 10.4 Å². The molecule has 0 spiro atoms. The molecule has 4 nitrogen and oxygen atoms in total. The van der Waals surface area contributed by atoms with E-state index >= 15 is 0 Å². The third kappa shape index (κ3) is 2.31. The number of nitrogens with two attached hydrogens (primary N) is 1. The first-order chi connectivity index (χ1) is 8.52. The molecule has 2 rings (SSSR count). The molecule has 1 heterocycles. The fourth-order valence-electron chi connectivity index (χ4n) is 1.79. The van der Waals surface area contributed by atoms with E-state index in [1.807, 2.05) is 32.0 Å². The number of hydrogen-bond donors (Lipinski definition) is 1. The number of rotatable bonds is 2. The van der Waals surface area contributed by atoms with E-state index in [4.69, 9.17) is 10.5 Å². The summed E-state index contributed by atoms with van der Waals surface area (Å²) >= 11 is 3.28. The molecule has 18 heavy (non-hydrogen) atoms. The number of ether oxygens (including phenoxy) is 1. The predicted molar refractivity (Wildman–Crippen MR) is 75.6 cm³/mol. The highest BCUT2D eigenvalue weighted by Crippen LogP contribution is 2.29. The molecule has 2 N–H and O–H groups in total. The molecule has 0 atom stereocenters. The van der Waals surface area contributed by atoms with Gasteiger partial charge in [-0.1, -0.05) is 0 Å². The minimum Gasteiger partial charge on any atom is -0.497 e. The maximum atomic E-state index is 5.79. The minimum atomic E-state index is 0.394. The van der Waals surface area contributed by atoms with E-state index in [0.29, 0.717) is 10.4 Å². The molecule has 0 radical (unpaired) electrons. The first kappa shape index (κ1) is 12.8. The second kappa shape index (κ2) is 4.94. The Balaban J connectivity index is 2.58. The van der Waals surface area contributed by atoms with Gasteiger partial charge in [0.05, 0.1) is 18.5 Å². The Kier molecular flexibility index (Phi) is 3.52. The summed E-state index contributed by atoms with van der Waals surface area (Å²) in [6, 6.07) is 5.84. The monoisotopic (exact) mass is 307 g/mol. The Hall–Kier alpha value is -1.62. The Morgan fingerprint density at radius 3 is 2.56 bits per heavy atom. The molecule has 0 saturated carbocycles. The van der Waals surface area contributed by atoms with E-state index in [0.717, 1.165) is 28.3 Å². The first-order valence-electron chi connectivity index (χ1n) is 5.47. The minimum absolute atomic E-state index is 0.394. The fourth-order valence-corrected chi connectivity index (χ4v) is 2.14. The molecule has 0 aliphatic carbocycles. The van der Waals surface area contributed by atoms with Gasteiger partial charge < -0.3 is 10.5 Å². The highest BCUT2D eigenvalue weighted by Gasteiger charge is 2.11. The van der Waals surface area contributed by atoms with Crippen molar-refractivity contribution in [2.24, 2.45) is 0 Å². The Morgan fingerprint density at radius 2 is 1.94 bits per heavy atom. The summed E-state index contributed by atoms with van der Waals surface area (Å²) in [5.41, 5.74) is 9.52. The van der Waals surface area contributed by atoms with Crippen LogP contribution in [0.15, 0.2) is 22.8 Å². The van der Waals surface area contributed by atoms with Crippen LogP contribution >= 0.6 is 15.9 Å². The van der Waals surface area contributed by atoms with E-state index in [2.05, 4.69) is 25.9 Å². The van der Waals surface area contributed by atoms with Gasteiger partial charge in [0.25, 0.3) is 0 Å². The first-order valence-corrected chi connectivity index (χ1v) is 6.27. The summed E-state index contributed by atoms with van der Waals surface area (Å²) in [5, 5.41) is 0. The molecule has 5 heteroatoms. The summed E-state index contributed by atoms with van der Waals surface area (Å²) < 4.78 is 5.77. The normalized spacial score (nSPS) is 10.4. The number of anilines is 1. The van der Waals surface area contributed by atoms with Crippen LogP contribution in [-0.2, 0) is 0 Å². The Labute approximate surface area is 114 Å². The molecule has 0 fully saturated rings. The molecule has 1 aromatic carbocycles. The number of methoxy groups -OCH3 is 1. The number of aromatic nitrogens is 2. The summed E-state index contributed by atoms with van der Waals surface area (Å²) in [6.45, 7) is 3.92. The van der Waals surface area contributed by atoms with Gasteiger partial charge in [-0.2, -0.15) is 0 Å². The van der Waals surface area contributed by atoms with Crippen molar-refractivity contribution in [3.63, 3.8) is 0 Å². The average molecular weight is 308 g/mol. The van der Waals surface area contributed by atoms with Crippen LogP contribution in [0.25, 0.3) is 11.3 Å². The molecular weight excluding hydrogens is 294 g/mol. The second-order valence-corrected chi connectivity index (χ2v) is 4.77. The summed E-state index contributed by atoms with van der Waals surface area (Å²) in [4.78, 5) is 8.72. The van der Waals surface area contributed by atoms with E-state index in [1.54, 1.807) is 7.11 Å². The van der Waals surface area contributed by atoms with E-state index < -0.39 is 0 Å². The fraction of sp³-hybridized carbons (Fsp3) is 0.231. The van der Waals surface area contributed by atoms with Crippen LogP contribution in [0.2, 0.25) is 0 Å². The van der Waals surface area contributed by atoms with Crippen LogP contribution in [0, 0.1) is 13.8 Å². The zero-order valence-corrected chi connectivity index (χ0v) is 12.1. The van der Waals surface area contributed by atoms with Crippen molar-refractivity contribution in [1.29, 1.82) is 0 Å². The molecule has 1 aromatic heterocycles. The molecule has 0 unspecified atom stereocenters. The number of aryl methyl sites for hydroxylation is 2. The third-order valence-electron chi connectivity index (χ3n) is 2.74. The van der Waals surface area contributed by atoms with Crippen molar-refractivity contribution in [3.05, 3.63) is 34.1 Å². The molecular formula is C13H14BrN3O. The van der Waals surface area contributed by atoms with Crippen molar-refractivity contribution in [2.75, 3.05) is 12.8 Å². The van der Waals surface area contributed by atoms with Crippen LogP contribution in [-0.4, -0.2) is 17.1 Å². The zero-order valence-electron chi connectivity index (χ0n) is 10.5. The average Bonchev–Trinajstić information content (AvgIpc) is 2.34. The number of halogens is 1. The van der Waals surface area contributed by atoms with Crippen molar-refractivity contribution >= 4 is 21.7 Å². The molecule has 0 aliphatic rings. The van der Waals surface area contributed by atoms with E-state index in [1.165, 1.54) is 0 Å². The lowest BCUT2D eigenvalue weighted by Gasteiger charge is -2.10. The van der Waals surface area contributed by atoms with Crippen LogP contribution in [0.4, 0.5) is 5.82 Å². The van der Waals surface area contributed by atoms with Crippen molar-refractivity contribution in [1.82, 2.24) is 9.97 Å². The Bertz CT molecular complexity index is 599. The van der Waals surface area contributed by atoms with Crippen LogP contribution in [0.5, 0.6) is 5.75 Å². The molecule has 2 aromatic rings. The maximum Gasteiger partial charge on any atom is 0.157 e. The predicted octanol–water partition coefficient (Wildman–Crippen LogP) is 3.11. The van der Waals surface area contributed by atoms with E-state index in [-0.39, 0.29) is 0 Å². The lowest BCUT2D eigenvalue weighted by atomic mass is 10.0. The van der Waals surface area contributed by atoms with Crippen molar-refractivity contribution in [2.45, 2.75) is 13.8 Å². The topological polar surface area (TPSA) is 61.0 Å². The highest BCUT2D eigenvalue weighted by atomic mass is 79.9. The van der Waals surface area contributed by atoms with Crippen molar-refractivity contribution in [3.8, 4) is 17.0 Å². The van der Waals surface area contributed by atoms with Crippen LogP contribution in [0.1, 0.15) is 11.3 Å². The van der Waals surface area contributed by atoms with Gasteiger partial charge in [0.2, 0.25) is 0 Å². The number of nitrogen functional groups attached to an aromatic ring is 1. The highest BCUT2D eigenvalue weighted by molar-refractivity contribution is 9.10. The summed E-state index contributed by atoms with van der Waals surface area (Å²) in [5.74, 6) is 1.22. The third-order valence-corrected chi connectivity index (χ3v) is 3.32. The number of hydrogen-bond acceptors (Lipinski definition) is 4. The van der Waals surface area contributed by atoms with Gasteiger partial charge in [0, 0.05) is 5.56 Å². The van der Waals surface area contributed by atoms with Gasteiger partial charge in [0.15, 0.2) is 5.82 Å². The molecule has 0 saturated heterocycles. The van der Waals surface area contributed by atoms with Crippen molar-refractivity contribution < 1.29 is 4.74 Å². The number of nitrogens with zero attached hydrogens (tertiary/aromatic N) is 2. The largest absolute Gasteiger partial charge is 0.497 e. The van der Waals surface area contributed by atoms with E-state index in [9.17, 15) is 0 Å². The summed E-state index contributed by atoms with van der Waals surface area (Å²) in [6.07, 6.45) is 0. The zero-order chi connectivity index (χ0) is 13.3. The standard InChI is InChI=1S/C13H14BrN3O/c1-7-6-9(18-3)4-5-10(7)11-8(2)16-12(14)13(15)17-11/h4-6H,1-3H3,(H2,15,17). The molecule has 0 aliphatic heterocycles. The molecule has 0 amide bonds. The van der Waals surface area contributed by atoms with Gasteiger partial charge in [-0.25, -0.2) is 9.97 Å². The molecule has 0 bridgehead atoms. The quantitative estimate of drug-likeness (QED) is 0.926. The van der Waals surface area contributed by atoms with Crippen LogP contribution < -0.4 is 10.5 Å². The van der Waals surface area contributed by atoms with Gasteiger partial charge >= 0.3 is 0 Å². The van der Waals surface area contributed by atoms with Gasteiger partial charge in [-0.05, 0) is 53.5 Å².